The predicted octanol–water partition coefficient (Wildman–Crippen LogP) is 0.882. The minimum absolute atomic E-state index is 0.0386. The third-order valence-electron chi connectivity index (χ3n) is 3.57. The zero-order chi connectivity index (χ0) is 19.5. The van der Waals surface area contributed by atoms with Crippen LogP contribution in [-0.4, -0.2) is 74.9 Å². The standard InChI is InChI=1S/C13H14N4O2.C2HF3O2/c1-15-6-7-17(9-12(15)18)13(19)10-8-16-5-3-2-4-11(16)14-10;3-2(4,5)1(6)7/h2-5,8H,6-7,9H2,1H3;(H,6,7). The minimum Gasteiger partial charge on any atom is -0.475 e. The van der Waals surface area contributed by atoms with Gasteiger partial charge in [0.05, 0.1) is 0 Å². The van der Waals surface area contributed by atoms with Gasteiger partial charge in [0.25, 0.3) is 5.91 Å². The van der Waals surface area contributed by atoms with Crippen molar-refractivity contribution in [3.63, 3.8) is 0 Å². The molecule has 0 saturated carbocycles. The molecule has 3 heterocycles. The number of carbonyl (C=O) groups is 3. The molecule has 2 amide bonds. The Morgan fingerprint density at radius 3 is 2.42 bits per heavy atom. The molecule has 8 nitrogen and oxygen atoms in total. The molecule has 3 rings (SSSR count). The van der Waals surface area contributed by atoms with E-state index < -0.39 is 12.1 Å². The molecule has 11 heteroatoms. The largest absolute Gasteiger partial charge is 0.490 e. The molecular formula is C15H15F3N4O4. The van der Waals surface area contributed by atoms with E-state index in [9.17, 15) is 22.8 Å². The summed E-state index contributed by atoms with van der Waals surface area (Å²) in [4.78, 5) is 40.3. The van der Waals surface area contributed by atoms with Crippen LogP contribution in [0.5, 0.6) is 0 Å². The Morgan fingerprint density at radius 2 is 1.88 bits per heavy atom. The summed E-state index contributed by atoms with van der Waals surface area (Å²) in [5, 5.41) is 7.12. The number of fused-ring (bicyclic) bond motifs is 1. The number of likely N-dealkylation sites (N-methyl/N-ethyl adjacent to an activating group) is 1. The molecule has 0 atom stereocenters. The van der Waals surface area contributed by atoms with Crippen LogP contribution in [0.2, 0.25) is 0 Å². The van der Waals surface area contributed by atoms with E-state index in [1.165, 1.54) is 0 Å². The van der Waals surface area contributed by atoms with Gasteiger partial charge in [0.1, 0.15) is 17.9 Å². The van der Waals surface area contributed by atoms with E-state index in [0.717, 1.165) is 5.65 Å². The molecule has 1 fully saturated rings. The van der Waals surface area contributed by atoms with E-state index in [1.807, 2.05) is 24.4 Å². The van der Waals surface area contributed by atoms with Gasteiger partial charge < -0.3 is 19.3 Å². The molecule has 0 bridgehead atoms. The smallest absolute Gasteiger partial charge is 0.475 e. The van der Waals surface area contributed by atoms with Crippen LogP contribution in [0.3, 0.4) is 0 Å². The van der Waals surface area contributed by atoms with Gasteiger partial charge in [-0.15, -0.1) is 0 Å². The van der Waals surface area contributed by atoms with Crippen LogP contribution in [0.25, 0.3) is 5.65 Å². The lowest BCUT2D eigenvalue weighted by Gasteiger charge is -2.31. The third kappa shape index (κ3) is 4.49. The van der Waals surface area contributed by atoms with Crippen LogP contribution < -0.4 is 0 Å². The lowest BCUT2D eigenvalue weighted by molar-refractivity contribution is -0.192. The van der Waals surface area contributed by atoms with Crippen LogP contribution >= 0.6 is 0 Å². The topological polar surface area (TPSA) is 95.2 Å². The highest BCUT2D eigenvalue weighted by Gasteiger charge is 2.38. The number of amides is 2. The first kappa shape index (κ1) is 19.2. The van der Waals surface area contributed by atoms with Crippen LogP contribution in [0.1, 0.15) is 10.5 Å². The number of imidazole rings is 1. The fraction of sp³-hybridized carbons (Fsp3) is 0.333. The monoisotopic (exact) mass is 372 g/mol. The molecule has 140 valence electrons. The van der Waals surface area contributed by atoms with Crippen molar-refractivity contribution >= 4 is 23.4 Å². The van der Waals surface area contributed by atoms with Crippen LogP contribution in [0, 0.1) is 0 Å². The second-order valence-corrected chi connectivity index (χ2v) is 5.44. The molecule has 1 N–H and O–H groups in total. The number of hydrogen-bond acceptors (Lipinski definition) is 4. The Labute approximate surface area is 145 Å². The number of halogens is 3. The summed E-state index contributed by atoms with van der Waals surface area (Å²) in [6, 6.07) is 5.59. The normalized spacial score (nSPS) is 14.8. The quantitative estimate of drug-likeness (QED) is 0.802. The van der Waals surface area contributed by atoms with Crippen molar-refractivity contribution < 1.29 is 32.7 Å². The maximum atomic E-state index is 12.3. The van der Waals surface area contributed by atoms with Crippen molar-refractivity contribution in [2.75, 3.05) is 26.7 Å². The van der Waals surface area contributed by atoms with E-state index >= 15 is 0 Å². The summed E-state index contributed by atoms with van der Waals surface area (Å²) in [7, 11) is 1.75. The minimum atomic E-state index is -5.08. The average molecular weight is 372 g/mol. The third-order valence-corrected chi connectivity index (χ3v) is 3.57. The van der Waals surface area contributed by atoms with Crippen molar-refractivity contribution in [2.24, 2.45) is 0 Å². The number of pyridine rings is 1. The lowest BCUT2D eigenvalue weighted by Crippen LogP contribution is -2.50. The summed E-state index contributed by atoms with van der Waals surface area (Å²) >= 11 is 0. The number of aliphatic carboxylic acids is 1. The van der Waals surface area contributed by atoms with Gasteiger partial charge in [-0.05, 0) is 12.1 Å². The van der Waals surface area contributed by atoms with Gasteiger partial charge in [0.2, 0.25) is 5.91 Å². The van der Waals surface area contributed by atoms with E-state index in [-0.39, 0.29) is 18.4 Å². The zero-order valence-corrected chi connectivity index (χ0v) is 13.6. The summed E-state index contributed by atoms with van der Waals surface area (Å²) in [6.45, 7) is 1.25. The van der Waals surface area contributed by atoms with Crippen molar-refractivity contribution in [1.82, 2.24) is 19.2 Å². The summed E-state index contributed by atoms with van der Waals surface area (Å²) < 4.78 is 33.5. The molecule has 26 heavy (non-hydrogen) atoms. The highest BCUT2D eigenvalue weighted by Crippen LogP contribution is 2.13. The lowest BCUT2D eigenvalue weighted by atomic mass is 10.3. The summed E-state index contributed by atoms with van der Waals surface area (Å²) in [5.41, 5.74) is 1.11. The molecular weight excluding hydrogens is 357 g/mol. The number of alkyl halides is 3. The SMILES string of the molecule is CN1CCN(C(=O)c2cn3ccccc3n2)CC1=O.O=C(O)C(F)(F)F. The highest BCUT2D eigenvalue weighted by molar-refractivity contribution is 5.96. The highest BCUT2D eigenvalue weighted by atomic mass is 19.4. The number of aromatic nitrogens is 2. The van der Waals surface area contributed by atoms with E-state index in [2.05, 4.69) is 4.98 Å². The van der Waals surface area contributed by atoms with E-state index in [0.29, 0.717) is 18.8 Å². The first-order valence-electron chi connectivity index (χ1n) is 7.36. The van der Waals surface area contributed by atoms with E-state index in [4.69, 9.17) is 9.90 Å². The maximum absolute atomic E-state index is 12.3. The number of rotatable bonds is 1. The van der Waals surface area contributed by atoms with Crippen LogP contribution in [0.4, 0.5) is 13.2 Å². The van der Waals surface area contributed by atoms with Crippen LogP contribution in [-0.2, 0) is 9.59 Å². The van der Waals surface area contributed by atoms with Gasteiger partial charge in [-0.25, -0.2) is 9.78 Å². The van der Waals surface area contributed by atoms with Gasteiger partial charge in [0, 0.05) is 32.5 Å². The number of piperazine rings is 1. The summed E-state index contributed by atoms with van der Waals surface area (Å²) in [5.74, 6) is -2.99. The molecule has 0 spiro atoms. The molecule has 1 saturated heterocycles. The number of hydrogen-bond donors (Lipinski definition) is 1. The Balaban J connectivity index is 0.000000298. The Kier molecular flexibility index (Phi) is 5.48. The van der Waals surface area contributed by atoms with Gasteiger partial charge >= 0.3 is 12.1 Å². The van der Waals surface area contributed by atoms with Crippen LogP contribution in [0.15, 0.2) is 30.6 Å². The van der Waals surface area contributed by atoms with Crippen molar-refractivity contribution in [3.05, 3.63) is 36.3 Å². The first-order valence-corrected chi connectivity index (χ1v) is 7.36. The van der Waals surface area contributed by atoms with Crippen molar-refractivity contribution in [2.45, 2.75) is 6.18 Å². The molecule has 0 aromatic carbocycles. The van der Waals surface area contributed by atoms with Gasteiger partial charge in [-0.1, -0.05) is 6.07 Å². The maximum Gasteiger partial charge on any atom is 0.490 e. The molecule has 0 unspecified atom stereocenters. The Bertz CT molecular complexity index is 801. The molecule has 0 radical (unpaired) electrons. The molecule has 2 aromatic heterocycles. The predicted molar refractivity (Wildman–Crippen MR) is 82.4 cm³/mol. The molecule has 0 aliphatic carbocycles. The Hall–Kier alpha value is -3.11. The van der Waals surface area contributed by atoms with Gasteiger partial charge in [-0.2, -0.15) is 13.2 Å². The number of carboxylic acids is 1. The van der Waals surface area contributed by atoms with Gasteiger partial charge in [-0.3, -0.25) is 9.59 Å². The molecule has 2 aromatic rings. The first-order chi connectivity index (χ1) is 12.1. The van der Waals surface area contributed by atoms with Crippen molar-refractivity contribution in [3.8, 4) is 0 Å². The second kappa shape index (κ2) is 7.42. The van der Waals surface area contributed by atoms with E-state index in [1.54, 1.807) is 27.4 Å². The Morgan fingerprint density at radius 1 is 1.23 bits per heavy atom. The fourth-order valence-corrected chi connectivity index (χ4v) is 2.13. The summed E-state index contributed by atoms with van der Waals surface area (Å²) in [6.07, 6.45) is -1.55. The van der Waals surface area contributed by atoms with Crippen molar-refractivity contribution in [1.29, 1.82) is 0 Å². The number of carbonyl (C=O) groups excluding carboxylic acids is 2. The number of nitrogens with zero attached hydrogens (tertiary/aromatic N) is 4. The second-order valence-electron chi connectivity index (χ2n) is 5.44. The zero-order valence-electron chi connectivity index (χ0n) is 13.6. The number of carboxylic acid groups (broad SMARTS) is 1. The molecule has 1 aliphatic rings. The average Bonchev–Trinajstić information content (AvgIpc) is 3.00. The molecule has 1 aliphatic heterocycles. The fourth-order valence-electron chi connectivity index (χ4n) is 2.13. The van der Waals surface area contributed by atoms with Gasteiger partial charge in [0.15, 0.2) is 0 Å².